The van der Waals surface area contributed by atoms with Crippen molar-refractivity contribution in [1.82, 2.24) is 10.6 Å². The maximum Gasteiger partial charge on any atom is 0.223 e. The van der Waals surface area contributed by atoms with E-state index in [1.807, 2.05) is 0 Å². The minimum absolute atomic E-state index is 0.169. The first-order valence-corrected chi connectivity index (χ1v) is 9.65. The summed E-state index contributed by atoms with van der Waals surface area (Å²) in [5.41, 5.74) is 2.67. The van der Waals surface area contributed by atoms with Crippen LogP contribution in [0.2, 0.25) is 0 Å². The molecule has 1 saturated carbocycles. The number of carbonyl (C=O) groups is 1. The third kappa shape index (κ3) is 4.60. The molecule has 3 atom stereocenters. The Hall–Kier alpha value is -1.35. The van der Waals surface area contributed by atoms with Gasteiger partial charge in [0.05, 0.1) is 6.04 Å². The Morgan fingerprint density at radius 3 is 2.50 bits per heavy atom. The number of hydrogen-bond acceptors (Lipinski definition) is 2. The average molecular weight is 329 g/mol. The number of carbonyl (C=O) groups excluding carboxylic acids is 1. The molecule has 0 spiro atoms. The molecule has 3 rings (SSSR count). The minimum Gasteiger partial charge on any atom is -0.349 e. The predicted molar refractivity (Wildman–Crippen MR) is 98.8 cm³/mol. The van der Waals surface area contributed by atoms with E-state index in [2.05, 4.69) is 55.7 Å². The zero-order chi connectivity index (χ0) is 17.1. The van der Waals surface area contributed by atoms with E-state index in [0.717, 1.165) is 25.8 Å². The highest BCUT2D eigenvalue weighted by Gasteiger charge is 2.35. The third-order valence-electron chi connectivity index (χ3n) is 5.37. The van der Waals surface area contributed by atoms with Crippen molar-refractivity contribution in [2.45, 2.75) is 65.0 Å². The average Bonchev–Trinajstić information content (AvgIpc) is 3.37. The lowest BCUT2D eigenvalue weighted by molar-refractivity contribution is -0.127. The molecule has 2 aliphatic rings. The van der Waals surface area contributed by atoms with Crippen LogP contribution < -0.4 is 10.6 Å². The molecule has 1 heterocycles. The summed E-state index contributed by atoms with van der Waals surface area (Å²) in [7, 11) is 0. The van der Waals surface area contributed by atoms with Gasteiger partial charge in [0.2, 0.25) is 5.91 Å². The molecular formula is C21H32N2O. The fourth-order valence-electron chi connectivity index (χ4n) is 3.88. The Morgan fingerprint density at radius 2 is 1.92 bits per heavy atom. The fraction of sp³-hybridized carbons (Fsp3) is 0.667. The van der Waals surface area contributed by atoms with Crippen LogP contribution in [0.1, 0.15) is 63.6 Å². The molecule has 1 amide bonds. The van der Waals surface area contributed by atoms with Gasteiger partial charge in [-0.3, -0.25) is 4.79 Å². The number of amides is 1. The van der Waals surface area contributed by atoms with Gasteiger partial charge in [-0.25, -0.2) is 0 Å². The van der Waals surface area contributed by atoms with Gasteiger partial charge >= 0.3 is 0 Å². The van der Waals surface area contributed by atoms with Gasteiger partial charge in [0, 0.05) is 12.0 Å². The molecule has 3 heteroatoms. The van der Waals surface area contributed by atoms with Crippen molar-refractivity contribution in [2.24, 2.45) is 17.8 Å². The van der Waals surface area contributed by atoms with Gasteiger partial charge in [0.15, 0.2) is 0 Å². The summed E-state index contributed by atoms with van der Waals surface area (Å²) < 4.78 is 0. The van der Waals surface area contributed by atoms with Gasteiger partial charge in [-0.15, -0.1) is 0 Å². The quantitative estimate of drug-likeness (QED) is 0.833. The zero-order valence-corrected chi connectivity index (χ0v) is 15.3. The molecule has 1 aromatic carbocycles. The molecule has 1 aromatic rings. The van der Waals surface area contributed by atoms with Crippen molar-refractivity contribution in [2.75, 3.05) is 6.54 Å². The molecule has 24 heavy (non-hydrogen) atoms. The van der Waals surface area contributed by atoms with Gasteiger partial charge in [-0.05, 0) is 68.5 Å². The van der Waals surface area contributed by atoms with E-state index >= 15 is 0 Å². The van der Waals surface area contributed by atoms with Crippen LogP contribution in [-0.2, 0) is 11.2 Å². The largest absolute Gasteiger partial charge is 0.349 e. The minimum atomic E-state index is 0.169. The lowest BCUT2D eigenvalue weighted by Gasteiger charge is -2.29. The first kappa shape index (κ1) is 17.5. The van der Waals surface area contributed by atoms with E-state index in [4.69, 9.17) is 0 Å². The smallest absolute Gasteiger partial charge is 0.223 e. The summed E-state index contributed by atoms with van der Waals surface area (Å²) in [6.45, 7) is 7.63. The monoisotopic (exact) mass is 328 g/mol. The molecule has 0 aromatic heterocycles. The molecular weight excluding hydrogens is 296 g/mol. The maximum atomic E-state index is 12.7. The van der Waals surface area contributed by atoms with E-state index in [-0.39, 0.29) is 17.9 Å². The van der Waals surface area contributed by atoms with E-state index in [9.17, 15) is 4.79 Å². The highest BCUT2D eigenvalue weighted by molar-refractivity contribution is 5.79. The van der Waals surface area contributed by atoms with Crippen LogP contribution in [0.15, 0.2) is 24.3 Å². The van der Waals surface area contributed by atoms with Crippen LogP contribution in [0.4, 0.5) is 0 Å². The van der Waals surface area contributed by atoms with Crippen molar-refractivity contribution in [3.8, 4) is 0 Å². The summed E-state index contributed by atoms with van der Waals surface area (Å²) in [6.07, 6.45) is 5.51. The van der Waals surface area contributed by atoms with E-state index in [1.54, 1.807) is 0 Å². The second kappa shape index (κ2) is 7.69. The van der Waals surface area contributed by atoms with Gasteiger partial charge in [-0.1, -0.05) is 38.1 Å². The number of hydrogen-bond donors (Lipinski definition) is 2. The lowest BCUT2D eigenvalue weighted by Crippen LogP contribution is -2.43. The molecule has 1 aliphatic heterocycles. The molecule has 0 radical (unpaired) electrons. The van der Waals surface area contributed by atoms with Gasteiger partial charge in [0.1, 0.15) is 0 Å². The normalized spacial score (nSPS) is 25.5. The van der Waals surface area contributed by atoms with E-state index in [1.165, 1.54) is 24.0 Å². The van der Waals surface area contributed by atoms with Crippen molar-refractivity contribution >= 4 is 5.91 Å². The topological polar surface area (TPSA) is 41.1 Å². The Kier molecular flexibility index (Phi) is 5.60. The predicted octanol–water partition coefficient (Wildman–Crippen LogP) is 3.84. The van der Waals surface area contributed by atoms with Crippen molar-refractivity contribution in [1.29, 1.82) is 0 Å². The number of nitrogens with one attached hydrogen (secondary N) is 2. The summed E-state index contributed by atoms with van der Waals surface area (Å²) in [5, 5.41) is 6.81. The summed E-state index contributed by atoms with van der Waals surface area (Å²) >= 11 is 0. The Bertz CT molecular complexity index is 547. The second-order valence-electron chi connectivity index (χ2n) is 8.24. The molecule has 3 nitrogen and oxygen atoms in total. The molecule has 1 unspecified atom stereocenters. The fourth-order valence-corrected chi connectivity index (χ4v) is 3.88. The van der Waals surface area contributed by atoms with Crippen LogP contribution in [0.25, 0.3) is 0 Å². The number of rotatable bonds is 6. The van der Waals surface area contributed by atoms with E-state index in [0.29, 0.717) is 17.9 Å². The van der Waals surface area contributed by atoms with Gasteiger partial charge < -0.3 is 10.6 Å². The van der Waals surface area contributed by atoms with Crippen LogP contribution in [0.5, 0.6) is 0 Å². The van der Waals surface area contributed by atoms with Gasteiger partial charge in [-0.2, -0.15) is 0 Å². The standard InChI is InChI=1S/C21H32N2O/c1-14(2)12-16-4-6-17(7-5-16)20(18-8-9-18)23-21(24)19-10-11-22-15(3)13-19/h4-7,14-15,18-20,22H,8-13H2,1-3H3,(H,23,24)/t15-,19-,20?/m0/s1. The number of piperidine rings is 1. The van der Waals surface area contributed by atoms with Crippen LogP contribution in [0, 0.1) is 17.8 Å². The first-order valence-electron chi connectivity index (χ1n) is 9.65. The van der Waals surface area contributed by atoms with Crippen molar-refractivity contribution < 1.29 is 4.79 Å². The highest BCUT2D eigenvalue weighted by Crippen LogP contribution is 2.41. The molecule has 1 aliphatic carbocycles. The molecule has 2 fully saturated rings. The second-order valence-corrected chi connectivity index (χ2v) is 8.24. The van der Waals surface area contributed by atoms with Crippen molar-refractivity contribution in [3.05, 3.63) is 35.4 Å². The highest BCUT2D eigenvalue weighted by atomic mass is 16.2. The Morgan fingerprint density at radius 1 is 1.21 bits per heavy atom. The van der Waals surface area contributed by atoms with Crippen LogP contribution >= 0.6 is 0 Å². The maximum absolute atomic E-state index is 12.7. The van der Waals surface area contributed by atoms with E-state index < -0.39 is 0 Å². The zero-order valence-electron chi connectivity index (χ0n) is 15.3. The third-order valence-corrected chi connectivity index (χ3v) is 5.37. The number of benzene rings is 1. The molecule has 0 bridgehead atoms. The lowest BCUT2D eigenvalue weighted by atomic mass is 9.91. The summed E-state index contributed by atoms with van der Waals surface area (Å²) in [6, 6.07) is 9.59. The van der Waals surface area contributed by atoms with Crippen molar-refractivity contribution in [3.63, 3.8) is 0 Å². The Labute approximate surface area is 146 Å². The van der Waals surface area contributed by atoms with Crippen LogP contribution in [0.3, 0.4) is 0 Å². The molecule has 1 saturated heterocycles. The van der Waals surface area contributed by atoms with Crippen LogP contribution in [-0.4, -0.2) is 18.5 Å². The Balaban J connectivity index is 1.65. The summed E-state index contributed by atoms with van der Waals surface area (Å²) in [5.74, 6) is 1.73. The summed E-state index contributed by atoms with van der Waals surface area (Å²) in [4.78, 5) is 12.7. The molecule has 132 valence electrons. The first-order chi connectivity index (χ1) is 11.5. The van der Waals surface area contributed by atoms with Gasteiger partial charge in [0.25, 0.3) is 0 Å². The molecule has 2 N–H and O–H groups in total. The SMILES string of the molecule is CC(C)Cc1ccc(C(NC(=O)[C@H]2CCN[C@@H](C)C2)C2CC2)cc1.